The third kappa shape index (κ3) is 9.82. The molecule has 0 fully saturated rings. The van der Waals surface area contributed by atoms with Gasteiger partial charge < -0.3 is 38.2 Å². The van der Waals surface area contributed by atoms with E-state index in [1.54, 1.807) is 64.1 Å². The van der Waals surface area contributed by atoms with Crippen molar-refractivity contribution in [2.24, 2.45) is 0 Å². The highest BCUT2D eigenvalue weighted by Crippen LogP contribution is 2.34. The molecule has 1 aliphatic rings. The van der Waals surface area contributed by atoms with Crippen molar-refractivity contribution in [1.82, 2.24) is 4.90 Å². The smallest absolute Gasteiger partial charge is 0.378 e. The third-order valence-corrected chi connectivity index (χ3v) is 9.04. The predicted molar refractivity (Wildman–Crippen MR) is 195 cm³/mol. The number of hydrogen-bond donors (Lipinski definition) is 2. The highest BCUT2D eigenvalue weighted by molar-refractivity contribution is 6.39. The fraction of sp³-hybridized carbons (Fsp3) is 0.317. The summed E-state index contributed by atoms with van der Waals surface area (Å²) in [6.45, 7) is 7.15. The quantitative estimate of drug-likeness (QED) is 0.0479. The van der Waals surface area contributed by atoms with Crippen LogP contribution in [0.1, 0.15) is 77.8 Å². The number of hydrogen-bond acceptors (Lipinski definition) is 11. The first-order valence-corrected chi connectivity index (χ1v) is 16.9. The largest absolute Gasteiger partial charge is 0.504 e. The fourth-order valence-electron chi connectivity index (χ4n) is 5.33. The standard InChI is InChI=1S/C21H22FNO5.C20H21FO6/c1-21(2,27-4)16-10-13(9-12-5-7-14(22)8-6-12)19(28-16)17(24)15-11-23(3)20(26)18(15)25;1-20(2,26-4)17-10-13(9-12-5-7-14(21)8-6-12)18(27-17)15(22)11-16(23)19(24)25-3/h5-8,10,25H,9,11H2,1-4H3;5-8,10-11,22H,9H2,1-4H3. The molecule has 0 unspecified atom stereocenters. The minimum Gasteiger partial charge on any atom is -0.504 e. The number of aliphatic hydroxyl groups excluding tert-OH is 2. The summed E-state index contributed by atoms with van der Waals surface area (Å²) in [4.78, 5) is 49.1. The number of methoxy groups -OCH3 is 3. The summed E-state index contributed by atoms with van der Waals surface area (Å²) in [5.74, 6) is -4.16. The maximum atomic E-state index is 13.2. The molecule has 2 N–H and O–H groups in total. The summed E-state index contributed by atoms with van der Waals surface area (Å²) in [5.41, 5.74) is 1.09. The number of ketones is 2. The average Bonchev–Trinajstić information content (AvgIpc) is 3.86. The average molecular weight is 764 g/mol. The molecule has 1 aliphatic heterocycles. The normalized spacial score (nSPS) is 13.5. The van der Waals surface area contributed by atoms with Crippen molar-refractivity contribution < 1.29 is 61.2 Å². The Morgan fingerprint density at radius 3 is 1.64 bits per heavy atom. The summed E-state index contributed by atoms with van der Waals surface area (Å²) in [6.07, 6.45) is 1.37. The lowest BCUT2D eigenvalue weighted by Crippen LogP contribution is -2.22. The Morgan fingerprint density at radius 2 is 1.24 bits per heavy atom. The van der Waals surface area contributed by atoms with Gasteiger partial charge in [-0.05, 0) is 75.2 Å². The maximum absolute atomic E-state index is 13.2. The van der Waals surface area contributed by atoms with Crippen LogP contribution in [0.4, 0.5) is 8.78 Å². The van der Waals surface area contributed by atoms with Crippen molar-refractivity contribution in [3.05, 3.63) is 135 Å². The van der Waals surface area contributed by atoms with Crippen molar-refractivity contribution in [3.63, 3.8) is 0 Å². The second-order valence-corrected chi connectivity index (χ2v) is 13.7. The summed E-state index contributed by atoms with van der Waals surface area (Å²) in [7, 11) is 5.61. The molecule has 0 atom stereocenters. The molecule has 0 radical (unpaired) electrons. The summed E-state index contributed by atoms with van der Waals surface area (Å²) < 4.78 is 53.0. The van der Waals surface area contributed by atoms with Crippen molar-refractivity contribution in [3.8, 4) is 0 Å². The molecule has 0 saturated heterocycles. The first kappa shape index (κ1) is 41.9. The van der Waals surface area contributed by atoms with Gasteiger partial charge in [0.1, 0.15) is 34.4 Å². The van der Waals surface area contributed by atoms with Crippen LogP contribution in [0, 0.1) is 11.6 Å². The number of aliphatic hydroxyl groups is 2. The van der Waals surface area contributed by atoms with E-state index in [0.717, 1.165) is 24.3 Å². The van der Waals surface area contributed by atoms with E-state index in [2.05, 4.69) is 4.74 Å². The van der Waals surface area contributed by atoms with Gasteiger partial charge in [-0.3, -0.25) is 14.4 Å². The molecule has 12 nitrogen and oxygen atoms in total. The molecular formula is C41H43F2NO11. The predicted octanol–water partition coefficient (Wildman–Crippen LogP) is 6.89. The number of likely N-dealkylation sites (N-methyl/N-ethyl adjacent to an activating group) is 1. The molecule has 1 amide bonds. The number of rotatable bonds is 13. The molecule has 3 heterocycles. The lowest BCUT2D eigenvalue weighted by atomic mass is 9.99. The Kier molecular flexibility index (Phi) is 13.0. The number of carbonyl (C=O) groups is 4. The molecule has 5 rings (SSSR count). The van der Waals surface area contributed by atoms with Crippen LogP contribution in [0.2, 0.25) is 0 Å². The van der Waals surface area contributed by atoms with Crippen LogP contribution >= 0.6 is 0 Å². The topological polar surface area (TPSA) is 166 Å². The van der Waals surface area contributed by atoms with Crippen LogP contribution in [-0.4, -0.2) is 73.5 Å². The molecular weight excluding hydrogens is 720 g/mol. The van der Waals surface area contributed by atoms with Gasteiger partial charge in [0.05, 0.1) is 19.2 Å². The van der Waals surface area contributed by atoms with Gasteiger partial charge in [-0.1, -0.05) is 24.3 Å². The Bertz CT molecular complexity index is 2120. The molecule has 0 bridgehead atoms. The van der Waals surface area contributed by atoms with Crippen molar-refractivity contribution in [2.75, 3.05) is 34.9 Å². The fourth-order valence-corrected chi connectivity index (χ4v) is 5.33. The van der Waals surface area contributed by atoms with Crippen LogP contribution in [0.5, 0.6) is 0 Å². The van der Waals surface area contributed by atoms with E-state index < -0.39 is 46.2 Å². The monoisotopic (exact) mass is 763 g/mol. The summed E-state index contributed by atoms with van der Waals surface area (Å²) >= 11 is 0. The molecule has 2 aromatic carbocycles. The molecule has 14 heteroatoms. The Morgan fingerprint density at radius 1 is 0.800 bits per heavy atom. The zero-order valence-corrected chi connectivity index (χ0v) is 31.7. The van der Waals surface area contributed by atoms with Crippen LogP contribution in [-0.2, 0) is 52.6 Å². The van der Waals surface area contributed by atoms with Crippen LogP contribution < -0.4 is 0 Å². The number of Topliss-reactive ketones (excluding diaryl/α,β-unsaturated/α-hetero) is 1. The number of ether oxygens (including phenoxy) is 3. The lowest BCUT2D eigenvalue weighted by molar-refractivity contribution is -0.149. The summed E-state index contributed by atoms with van der Waals surface area (Å²) in [6, 6.07) is 15.2. The third-order valence-electron chi connectivity index (χ3n) is 9.04. The Hall–Kier alpha value is -5.86. The number of esters is 1. The molecule has 0 spiro atoms. The second-order valence-electron chi connectivity index (χ2n) is 13.7. The highest BCUT2D eigenvalue weighted by Gasteiger charge is 2.36. The van der Waals surface area contributed by atoms with Gasteiger partial charge in [0.2, 0.25) is 5.78 Å². The second kappa shape index (κ2) is 17.1. The zero-order chi connectivity index (χ0) is 40.8. The number of benzene rings is 2. The summed E-state index contributed by atoms with van der Waals surface area (Å²) in [5, 5.41) is 20.4. The molecule has 0 aliphatic carbocycles. The van der Waals surface area contributed by atoms with Gasteiger partial charge in [0.15, 0.2) is 23.0 Å². The van der Waals surface area contributed by atoms with E-state index in [1.807, 2.05) is 0 Å². The highest BCUT2D eigenvalue weighted by atomic mass is 19.1. The number of nitrogens with zero attached hydrogens (tertiary/aromatic N) is 1. The number of halogens is 2. The van der Waals surface area contributed by atoms with E-state index in [1.165, 1.54) is 50.4 Å². The molecule has 0 saturated carbocycles. The van der Waals surface area contributed by atoms with E-state index in [-0.39, 0.29) is 35.3 Å². The Labute approximate surface area is 316 Å². The number of carbonyl (C=O) groups excluding carboxylic acids is 4. The van der Waals surface area contributed by atoms with Crippen molar-refractivity contribution >= 4 is 29.2 Å². The van der Waals surface area contributed by atoms with Gasteiger partial charge in [0.25, 0.3) is 11.7 Å². The molecule has 2 aromatic heterocycles. The first-order valence-electron chi connectivity index (χ1n) is 16.9. The minimum atomic E-state index is -1.11. The lowest BCUT2D eigenvalue weighted by Gasteiger charge is -2.19. The van der Waals surface area contributed by atoms with E-state index in [4.69, 9.17) is 18.3 Å². The van der Waals surface area contributed by atoms with Crippen LogP contribution in [0.15, 0.2) is 86.9 Å². The van der Waals surface area contributed by atoms with E-state index in [0.29, 0.717) is 35.5 Å². The molecule has 55 heavy (non-hydrogen) atoms. The zero-order valence-electron chi connectivity index (χ0n) is 31.7. The van der Waals surface area contributed by atoms with Crippen molar-refractivity contribution in [1.29, 1.82) is 0 Å². The van der Waals surface area contributed by atoms with E-state index in [9.17, 15) is 38.2 Å². The van der Waals surface area contributed by atoms with Gasteiger partial charge in [-0.15, -0.1) is 0 Å². The first-order chi connectivity index (χ1) is 25.8. The number of amides is 1. The minimum absolute atomic E-state index is 0.00317. The van der Waals surface area contributed by atoms with Gasteiger partial charge >= 0.3 is 5.97 Å². The van der Waals surface area contributed by atoms with Gasteiger partial charge in [0, 0.05) is 51.3 Å². The van der Waals surface area contributed by atoms with E-state index >= 15 is 0 Å². The number of furan rings is 2. The molecule has 292 valence electrons. The van der Waals surface area contributed by atoms with Crippen molar-refractivity contribution in [2.45, 2.75) is 51.7 Å². The SMILES string of the molecule is COC(=O)C(=O)C=C(O)c1oc(C(C)(C)OC)cc1Cc1ccc(F)cc1.COC(C)(C)c1cc(Cc2ccc(F)cc2)c(C(=O)C2=C(O)C(=O)N(C)C2)o1. The Balaban J connectivity index is 0.000000245. The van der Waals surface area contributed by atoms with Gasteiger partial charge in [-0.25, -0.2) is 13.6 Å². The molecule has 4 aromatic rings. The van der Waals surface area contributed by atoms with Crippen LogP contribution in [0.3, 0.4) is 0 Å². The maximum Gasteiger partial charge on any atom is 0.378 e. The van der Waals surface area contributed by atoms with Crippen LogP contribution in [0.25, 0.3) is 5.76 Å². The van der Waals surface area contributed by atoms with Gasteiger partial charge in [-0.2, -0.15) is 0 Å².